The molecule has 1 aromatic heterocycles. The van der Waals surface area contributed by atoms with Gasteiger partial charge in [0.2, 0.25) is 0 Å². The van der Waals surface area contributed by atoms with Crippen LogP contribution in [0, 0.1) is 11.7 Å². The van der Waals surface area contributed by atoms with Gasteiger partial charge < -0.3 is 9.52 Å². The highest BCUT2D eigenvalue weighted by atomic mass is 32.2. The number of phenols is 1. The summed E-state index contributed by atoms with van der Waals surface area (Å²) >= 11 is 0. The van der Waals surface area contributed by atoms with Gasteiger partial charge in [-0.15, -0.1) is 0 Å². The number of nitrogens with zero attached hydrogens (tertiary/aromatic N) is 3. The zero-order chi connectivity index (χ0) is 20.6. The van der Waals surface area contributed by atoms with Crippen molar-refractivity contribution in [3.63, 3.8) is 0 Å². The van der Waals surface area contributed by atoms with E-state index in [1.807, 2.05) is 0 Å². The van der Waals surface area contributed by atoms with E-state index in [4.69, 9.17) is 4.42 Å². The number of halogens is 1. The number of nitrogens with one attached hydrogen (secondary N) is 1. The molecule has 2 aliphatic rings. The molecular formula is C18H21FN4O5S. The minimum atomic E-state index is -4.19. The molecule has 1 amide bonds. The molecule has 0 radical (unpaired) electrons. The second-order valence-electron chi connectivity index (χ2n) is 7.40. The lowest BCUT2D eigenvalue weighted by atomic mass is 9.91. The summed E-state index contributed by atoms with van der Waals surface area (Å²) in [4.78, 5) is 17.5. The number of piperidine rings is 1. The quantitative estimate of drug-likeness (QED) is 0.740. The Balaban J connectivity index is 1.48. The number of phenolic OH excluding ortho intramolecular Hbond substituents is 1. The van der Waals surface area contributed by atoms with Crippen molar-refractivity contribution < 1.29 is 27.1 Å². The predicted molar refractivity (Wildman–Crippen MR) is 101 cm³/mol. The van der Waals surface area contributed by atoms with E-state index in [0.717, 1.165) is 31.7 Å². The van der Waals surface area contributed by atoms with Gasteiger partial charge in [-0.05, 0) is 49.4 Å². The number of amides is 1. The van der Waals surface area contributed by atoms with Crippen LogP contribution in [0.2, 0.25) is 0 Å². The van der Waals surface area contributed by atoms with E-state index in [9.17, 15) is 22.7 Å². The molecule has 2 saturated heterocycles. The zero-order valence-corrected chi connectivity index (χ0v) is 16.4. The molecule has 2 fully saturated rings. The zero-order valence-electron chi connectivity index (χ0n) is 15.5. The van der Waals surface area contributed by atoms with Crippen LogP contribution in [0.1, 0.15) is 24.2 Å². The topological polar surface area (TPSA) is 116 Å². The van der Waals surface area contributed by atoms with Crippen molar-refractivity contribution in [1.82, 2.24) is 14.6 Å². The molecule has 0 aliphatic carbocycles. The van der Waals surface area contributed by atoms with Gasteiger partial charge in [0, 0.05) is 6.54 Å². The number of likely N-dealkylation sites (tertiary alicyclic amines) is 1. The number of benzene rings is 1. The average Bonchev–Trinajstić information content (AvgIpc) is 3.22. The molecule has 11 heteroatoms. The lowest BCUT2D eigenvalue weighted by Crippen LogP contribution is -2.35. The van der Waals surface area contributed by atoms with E-state index in [2.05, 4.69) is 9.88 Å². The maximum Gasteiger partial charge on any atom is 0.326 e. The van der Waals surface area contributed by atoms with Crippen molar-refractivity contribution in [3.05, 3.63) is 41.9 Å². The Morgan fingerprint density at radius 1 is 1.38 bits per heavy atom. The van der Waals surface area contributed by atoms with Gasteiger partial charge in [0.1, 0.15) is 23.7 Å². The molecule has 2 aromatic rings. The van der Waals surface area contributed by atoms with Gasteiger partial charge in [0.05, 0.1) is 12.7 Å². The Morgan fingerprint density at radius 2 is 2.21 bits per heavy atom. The fraction of sp³-hybridized carbons (Fsp3) is 0.444. The van der Waals surface area contributed by atoms with Crippen LogP contribution in [0.4, 0.5) is 10.1 Å². The second kappa shape index (κ2) is 7.64. The molecule has 1 atom stereocenters. The van der Waals surface area contributed by atoms with Crippen molar-refractivity contribution in [1.29, 1.82) is 0 Å². The van der Waals surface area contributed by atoms with Crippen molar-refractivity contribution in [2.75, 3.05) is 23.9 Å². The lowest BCUT2D eigenvalue weighted by molar-refractivity contribution is -0.117. The first-order valence-electron chi connectivity index (χ1n) is 9.26. The maximum absolute atomic E-state index is 14.7. The summed E-state index contributed by atoms with van der Waals surface area (Å²) in [6.45, 7) is 1.82. The van der Waals surface area contributed by atoms with Gasteiger partial charge in [-0.2, -0.15) is 8.42 Å². The maximum atomic E-state index is 14.7. The SMILES string of the molecule is O=C1CN(c2c(O)cc(CC3CCCN(Cc4cnco4)C3)cc2F)S(=O)(=O)N1. The summed E-state index contributed by atoms with van der Waals surface area (Å²) in [5.41, 5.74) is 0.0637. The van der Waals surface area contributed by atoms with E-state index in [-0.39, 0.29) is 5.92 Å². The Kier molecular flexibility index (Phi) is 5.17. The van der Waals surface area contributed by atoms with E-state index >= 15 is 0 Å². The van der Waals surface area contributed by atoms with Crippen LogP contribution in [0.3, 0.4) is 0 Å². The normalized spacial score (nSPS) is 22.0. The number of aromatic hydroxyl groups is 1. The molecule has 1 aromatic carbocycles. The van der Waals surface area contributed by atoms with Crippen LogP contribution < -0.4 is 9.03 Å². The number of aromatic nitrogens is 1. The molecule has 0 spiro atoms. The standard InChI is InChI=1S/C18H21FN4O5S/c19-15-5-13(6-16(24)18(15)23-10-17(25)21-29(23,26)27)4-12-2-1-3-22(8-12)9-14-7-20-11-28-14/h5-7,11-12,24H,1-4,8-10H2,(H,21,25). The van der Waals surface area contributed by atoms with Crippen LogP contribution in [0.5, 0.6) is 5.75 Å². The molecule has 2 N–H and O–H groups in total. The molecule has 4 rings (SSSR count). The van der Waals surface area contributed by atoms with Crippen molar-refractivity contribution in [2.45, 2.75) is 25.8 Å². The van der Waals surface area contributed by atoms with Gasteiger partial charge in [-0.1, -0.05) is 0 Å². The number of anilines is 1. The molecule has 2 aliphatic heterocycles. The fourth-order valence-electron chi connectivity index (χ4n) is 3.99. The Labute approximate surface area is 167 Å². The summed E-state index contributed by atoms with van der Waals surface area (Å²) < 4.78 is 46.2. The lowest BCUT2D eigenvalue weighted by Gasteiger charge is -2.32. The van der Waals surface area contributed by atoms with Gasteiger partial charge in [0.25, 0.3) is 5.91 Å². The summed E-state index contributed by atoms with van der Waals surface area (Å²) in [5.74, 6) is -1.12. The Bertz CT molecular complexity index is 988. The van der Waals surface area contributed by atoms with Gasteiger partial charge in [-0.3, -0.25) is 9.69 Å². The van der Waals surface area contributed by atoms with Gasteiger partial charge in [0.15, 0.2) is 12.2 Å². The van der Waals surface area contributed by atoms with Crippen LogP contribution in [-0.2, 0) is 28.0 Å². The van der Waals surface area contributed by atoms with Crippen LogP contribution in [-0.4, -0.2) is 48.9 Å². The molecule has 1 unspecified atom stereocenters. The third-order valence-electron chi connectivity index (χ3n) is 5.16. The summed E-state index contributed by atoms with van der Waals surface area (Å²) in [6, 6.07) is 2.59. The number of hydrogen-bond acceptors (Lipinski definition) is 7. The molecule has 0 bridgehead atoms. The summed E-state index contributed by atoms with van der Waals surface area (Å²) in [5, 5.41) is 10.3. The minimum absolute atomic E-state index is 0.259. The number of hydrogen-bond donors (Lipinski definition) is 2. The third kappa shape index (κ3) is 4.20. The third-order valence-corrected chi connectivity index (χ3v) is 6.54. The fourth-order valence-corrected chi connectivity index (χ4v) is 5.16. The first kappa shape index (κ1) is 19.6. The molecular weight excluding hydrogens is 403 g/mol. The second-order valence-corrected chi connectivity index (χ2v) is 8.99. The first-order valence-corrected chi connectivity index (χ1v) is 10.7. The molecule has 0 saturated carbocycles. The molecule has 156 valence electrons. The van der Waals surface area contributed by atoms with E-state index in [1.54, 1.807) is 10.9 Å². The molecule has 3 heterocycles. The Morgan fingerprint density at radius 3 is 2.86 bits per heavy atom. The molecule has 29 heavy (non-hydrogen) atoms. The van der Waals surface area contributed by atoms with E-state index in [0.29, 0.717) is 22.8 Å². The highest BCUT2D eigenvalue weighted by molar-refractivity contribution is 7.92. The molecule has 9 nitrogen and oxygen atoms in total. The first-order chi connectivity index (χ1) is 13.8. The highest BCUT2D eigenvalue weighted by Crippen LogP contribution is 2.35. The van der Waals surface area contributed by atoms with Crippen molar-refractivity contribution in [3.8, 4) is 5.75 Å². The van der Waals surface area contributed by atoms with Crippen LogP contribution in [0.25, 0.3) is 0 Å². The highest BCUT2D eigenvalue weighted by Gasteiger charge is 2.37. The number of rotatable bonds is 5. The van der Waals surface area contributed by atoms with Gasteiger partial charge in [-0.25, -0.2) is 18.4 Å². The number of carbonyl (C=O) groups is 1. The average molecular weight is 424 g/mol. The predicted octanol–water partition coefficient (Wildman–Crippen LogP) is 1.15. The number of carbonyl (C=O) groups excluding carboxylic acids is 1. The smallest absolute Gasteiger partial charge is 0.326 e. The largest absolute Gasteiger partial charge is 0.506 e. The Hall–Kier alpha value is -2.66. The van der Waals surface area contributed by atoms with Gasteiger partial charge >= 0.3 is 10.2 Å². The minimum Gasteiger partial charge on any atom is -0.506 e. The van der Waals surface area contributed by atoms with E-state index in [1.165, 1.54) is 18.5 Å². The monoisotopic (exact) mass is 424 g/mol. The van der Waals surface area contributed by atoms with Crippen molar-refractivity contribution in [2.24, 2.45) is 5.92 Å². The number of oxazole rings is 1. The van der Waals surface area contributed by atoms with Crippen molar-refractivity contribution >= 4 is 21.8 Å². The van der Waals surface area contributed by atoms with Crippen LogP contribution >= 0.6 is 0 Å². The summed E-state index contributed by atoms with van der Waals surface area (Å²) in [7, 11) is -4.19. The summed E-state index contributed by atoms with van der Waals surface area (Å²) in [6.07, 6.45) is 5.58. The van der Waals surface area contributed by atoms with E-state index < -0.39 is 39.9 Å². The van der Waals surface area contributed by atoms with Crippen LogP contribution in [0.15, 0.2) is 29.1 Å².